The van der Waals surface area contributed by atoms with Crippen LogP contribution in [-0.2, 0) is 175 Å². The maximum Gasteiger partial charge on any atom is 0.446 e. The Morgan fingerprint density at radius 2 is 1.18 bits per heavy atom. The number of carbonyl (C=O) groups is 3. The minimum Gasteiger partial charge on any atom is -0.479 e. The Bertz CT molecular complexity index is 3790. The van der Waals surface area contributed by atoms with Crippen LogP contribution in [0.15, 0.2) is 12.5 Å². The second kappa shape index (κ2) is 38.7. The van der Waals surface area contributed by atoms with Crippen LogP contribution in [-0.4, -0.2) is 361 Å². The highest BCUT2D eigenvalue weighted by molar-refractivity contribution is 8.46. The normalized spacial score (nSPS) is 29.7. The predicted octanol–water partition coefficient (Wildman–Crippen LogP) is -13.1. The Labute approximate surface area is 579 Å². The van der Waals surface area contributed by atoms with Gasteiger partial charge in [-0.15, -0.1) is 0 Å². The SMILES string of the molecule is COC1OC(C(=O)O)C(OC(OC(COS(=O)(=O)O)[C@H](C)OC(OS(=O)(=O)O)C(O)C(OC(NP(CNOC2OC(C(=O)O)C(OC3OC(COS(=O)(=O)O)C(O)C(O)C3NS(=O)(=O)O)C(O)C2OS(=O)(=O)O)S(=O)(=O)O)O/C=C\OS(=O)(=O)O)C(OC)C(=O)O)[C@H](CO)NS(=O)(=O)O)C(O)C1O. The van der Waals surface area contributed by atoms with Gasteiger partial charge in [0, 0.05) is 14.2 Å². The van der Waals surface area contributed by atoms with Crippen LogP contribution in [0.25, 0.3) is 0 Å². The molecule has 0 aromatic carbocycles. The van der Waals surface area contributed by atoms with Crippen molar-refractivity contribution in [3.05, 3.63) is 12.5 Å². The summed E-state index contributed by atoms with van der Waals surface area (Å²) in [5, 5.41) is 108. The molecule has 0 bridgehead atoms. The van der Waals surface area contributed by atoms with Gasteiger partial charge >= 0.3 is 90.5 Å². The first-order valence-electron chi connectivity index (χ1n) is 26.4. The highest BCUT2D eigenvalue weighted by atomic mass is 32.8. The van der Waals surface area contributed by atoms with Gasteiger partial charge in [-0.2, -0.15) is 82.3 Å². The minimum atomic E-state index is -6.27. The lowest BCUT2D eigenvalue weighted by Gasteiger charge is -2.46. The molecule has 0 aromatic rings. The average molecular weight is 1710 g/mol. The van der Waals surface area contributed by atoms with Gasteiger partial charge in [0.15, 0.2) is 43.3 Å². The number of aliphatic hydroxyl groups excluding tert-OH is 7. The highest BCUT2D eigenvalue weighted by Crippen LogP contribution is 2.39. The lowest BCUT2D eigenvalue weighted by Crippen LogP contribution is -2.68. The first-order chi connectivity index (χ1) is 46.8. The van der Waals surface area contributed by atoms with Gasteiger partial charge in [0.05, 0.1) is 38.3 Å². The Hall–Kier alpha value is -3.58. The van der Waals surface area contributed by atoms with Crippen molar-refractivity contribution in [2.24, 2.45) is 0 Å². The molecule has 3 aliphatic rings. The molecule has 58 nitrogen and oxygen atoms in total. The number of nitrogens with one attached hydrogen (secondary N) is 4. The number of hydrogen-bond acceptors (Lipinski definition) is 45. The molecule has 23 unspecified atom stereocenters. The molecular formula is C36H65N4O54PS8. The fourth-order valence-corrected chi connectivity index (χ4v) is 13.5. The molecular weight excluding hydrogens is 1640 g/mol. The van der Waals surface area contributed by atoms with E-state index in [2.05, 4.69) is 20.9 Å². The molecule has 103 heavy (non-hydrogen) atoms. The van der Waals surface area contributed by atoms with E-state index in [4.69, 9.17) is 66.0 Å². The Morgan fingerprint density at radius 1 is 0.612 bits per heavy atom. The van der Waals surface area contributed by atoms with Crippen molar-refractivity contribution in [1.29, 1.82) is 0 Å². The maximum absolute atomic E-state index is 13.1. The van der Waals surface area contributed by atoms with Gasteiger partial charge < -0.3 is 107 Å². The quantitative estimate of drug-likeness (QED) is 0.00885. The zero-order valence-electron chi connectivity index (χ0n) is 50.8. The average Bonchev–Trinajstić information content (AvgIpc) is 0.775. The van der Waals surface area contributed by atoms with Crippen LogP contribution in [0.3, 0.4) is 0 Å². The lowest BCUT2D eigenvalue weighted by molar-refractivity contribution is -0.343. The van der Waals surface area contributed by atoms with Crippen LogP contribution in [0.2, 0.25) is 0 Å². The van der Waals surface area contributed by atoms with Crippen molar-refractivity contribution in [2.75, 3.05) is 40.3 Å². The van der Waals surface area contributed by atoms with E-state index in [0.29, 0.717) is 14.0 Å². The molecule has 0 spiro atoms. The van der Waals surface area contributed by atoms with Crippen molar-refractivity contribution >= 4 is 108 Å². The third-order valence-corrected chi connectivity index (χ3v) is 19.8. The standard InChI is InChI=1S/C36H65N4O54PS8/c1-10(12(7-82-99(63,64)65)85-31(11(6-41)39-96(54,55)56)87-21-17(44)18(45)33(79-3)89-26(21)29(50)51)84-34(94-102(72,73)74)20(47)23(25(78-2)28(48)49)91-36(80-4-5-81-98(60,61)62)38-95(103(75,76)77)9-37-92-35-24(93-101(69,70)71)19(46)22(27(90-35)30(52)53)88-32-14(40-97(57,58)59)16(43)15(42)13(86-32)8-83-100(66,67)68/h4-5,10-27,31-47H,6-9H2,1-3H3,(H,48,49)(H,50,51)(H,52,53)(H,54,55,56)(H,57,58,59)(H,60,61,62)(H,63,64,65)(H,66,67,68)(H,69,70,71)(H,72,73,74)(H,75,76,77)/b5-4-/t10-,11-,12?,13?,14?,15?,16?,17?,18?,19?,20?,21?,22?,23?,24?,25?,26?,27?,31?,32?,33?,34?,35?,36?,95?/m0/s1. The largest absolute Gasteiger partial charge is 0.479 e. The molecule has 3 rings (SSSR count). The molecule has 606 valence electrons. The monoisotopic (exact) mass is 1700 g/mol. The number of ether oxygens (including phenoxy) is 11. The van der Waals surface area contributed by atoms with E-state index >= 15 is 0 Å². The molecule has 0 aromatic heterocycles. The van der Waals surface area contributed by atoms with Crippen LogP contribution in [0, 0.1) is 0 Å². The molecule has 0 aliphatic carbocycles. The van der Waals surface area contributed by atoms with Gasteiger partial charge in [0.25, 0.3) is 16.2 Å². The fraction of sp³-hybridized carbons (Fsp3) is 0.861. The van der Waals surface area contributed by atoms with Gasteiger partial charge in [0.1, 0.15) is 93.0 Å². The number of hydroxylamine groups is 1. The number of carboxylic acid groups (broad SMARTS) is 3. The Morgan fingerprint density at radius 3 is 1.66 bits per heavy atom. The van der Waals surface area contributed by atoms with Crippen LogP contribution in [0.5, 0.6) is 0 Å². The highest BCUT2D eigenvalue weighted by Gasteiger charge is 2.57. The maximum atomic E-state index is 13.1. The van der Waals surface area contributed by atoms with E-state index in [1.807, 2.05) is 0 Å². The van der Waals surface area contributed by atoms with Gasteiger partial charge in [-0.05, 0) is 6.92 Å². The van der Waals surface area contributed by atoms with E-state index in [1.54, 1.807) is 10.6 Å². The summed E-state index contributed by atoms with van der Waals surface area (Å²) in [7, 11) is -49.1. The van der Waals surface area contributed by atoms with Gasteiger partial charge in [-0.25, -0.2) is 36.2 Å². The Kier molecular flexibility index (Phi) is 35.1. The number of methoxy groups -OCH3 is 2. The topological polar surface area (TPSA) is 894 Å². The van der Waals surface area contributed by atoms with E-state index in [-0.39, 0.29) is 12.5 Å². The number of hydrogen-bond donors (Lipinski definition) is 22. The van der Waals surface area contributed by atoms with Crippen LogP contribution >= 0.6 is 7.27 Å². The summed E-state index contributed by atoms with van der Waals surface area (Å²) in [6.45, 7) is -4.53. The lowest BCUT2D eigenvalue weighted by atomic mass is 9.96. The second-order valence-corrected chi connectivity index (χ2v) is 32.5. The summed E-state index contributed by atoms with van der Waals surface area (Å²) in [5.41, 5.74) is 1.57. The van der Waals surface area contributed by atoms with Crippen molar-refractivity contribution in [3.63, 3.8) is 0 Å². The molecule has 25 atom stereocenters. The van der Waals surface area contributed by atoms with Crippen molar-refractivity contribution < 1.29 is 247 Å². The summed E-state index contributed by atoms with van der Waals surface area (Å²) in [4.78, 5) is 42.7. The fourth-order valence-electron chi connectivity index (χ4n) is 8.41. The first kappa shape index (κ1) is 93.6. The molecule has 22 N–H and O–H groups in total. The number of aliphatic hydroxyl groups is 7. The molecule has 67 heteroatoms. The summed E-state index contributed by atoms with van der Waals surface area (Å²) in [6.07, 6.45) is -63.7. The number of rotatable bonds is 46. The molecule has 0 radical (unpaired) electrons. The molecule has 3 fully saturated rings. The summed E-state index contributed by atoms with van der Waals surface area (Å²) < 4.78 is 349. The van der Waals surface area contributed by atoms with Crippen molar-refractivity contribution in [2.45, 2.75) is 155 Å². The first-order valence-corrected chi connectivity index (χ1v) is 39.7. The minimum absolute atomic E-state index is 0.113. The Balaban J connectivity index is 2.20. The third-order valence-electron chi connectivity index (χ3n) is 12.6. The van der Waals surface area contributed by atoms with Gasteiger partial charge in [-0.1, -0.05) is 0 Å². The van der Waals surface area contributed by atoms with Crippen LogP contribution < -0.4 is 20.0 Å². The summed E-state index contributed by atoms with van der Waals surface area (Å²) in [5.74, 6) is -6.87. The molecule has 0 saturated carbocycles. The van der Waals surface area contributed by atoms with Gasteiger partial charge in [0.2, 0.25) is 12.6 Å². The van der Waals surface area contributed by atoms with E-state index < -0.39 is 281 Å². The van der Waals surface area contributed by atoms with Crippen LogP contribution in [0.4, 0.5) is 0 Å². The molecule has 0 amide bonds. The zero-order valence-corrected chi connectivity index (χ0v) is 58.2. The number of aliphatic carboxylic acids is 3. The van der Waals surface area contributed by atoms with E-state index in [9.17, 15) is 160 Å². The van der Waals surface area contributed by atoms with E-state index in [0.717, 1.165) is 7.11 Å². The molecule has 3 aliphatic heterocycles. The molecule has 3 saturated heterocycles. The van der Waals surface area contributed by atoms with E-state index in [1.165, 1.54) is 9.44 Å². The zero-order chi connectivity index (χ0) is 79.3. The predicted molar refractivity (Wildman–Crippen MR) is 306 cm³/mol. The van der Waals surface area contributed by atoms with Crippen molar-refractivity contribution in [3.8, 4) is 0 Å². The smallest absolute Gasteiger partial charge is 0.446 e. The van der Waals surface area contributed by atoms with Crippen molar-refractivity contribution in [1.82, 2.24) is 20.0 Å². The van der Waals surface area contributed by atoms with Gasteiger partial charge in [-0.3, -0.25) is 41.3 Å². The number of carboxylic acids is 3. The summed E-state index contributed by atoms with van der Waals surface area (Å²) in [6, 6.07) is -5.19. The second-order valence-electron chi connectivity index (χ2n) is 19.9. The van der Waals surface area contributed by atoms with Crippen LogP contribution in [0.1, 0.15) is 6.92 Å². The third kappa shape index (κ3) is 31.5. The summed E-state index contributed by atoms with van der Waals surface area (Å²) >= 11 is 0. The molecule has 3 heterocycles.